The second-order valence-corrected chi connectivity index (χ2v) is 20.4. The quantitative estimate of drug-likeness (QED) is 0.0391. The minimum Gasteiger partial charge on any atom is -0.394 e. The van der Waals surface area contributed by atoms with E-state index >= 15 is 0 Å². The molecule has 4 unspecified atom stereocenters. The van der Waals surface area contributed by atoms with E-state index in [-0.39, 0.29) is 0 Å². The van der Waals surface area contributed by atoms with Crippen LogP contribution in [-0.4, -0.2) is 57.3 Å². The predicted molar refractivity (Wildman–Crippen MR) is 275 cm³/mol. The lowest BCUT2D eigenvalue weighted by Gasteiger charge is -2.27. The minimum atomic E-state index is -1.25. The van der Waals surface area contributed by atoms with Crippen LogP contribution in [0.2, 0.25) is 0 Å². The van der Waals surface area contributed by atoms with Crippen LogP contribution in [0, 0.1) is 0 Å². The molecule has 4 atom stereocenters. The summed E-state index contributed by atoms with van der Waals surface area (Å²) in [4.78, 5) is 12.6. The Morgan fingerprint density at radius 2 is 0.540 bits per heavy atom. The number of carbonyl (C=O) groups excluding carboxylic acids is 1. The van der Waals surface area contributed by atoms with Crippen LogP contribution in [-0.2, 0) is 4.79 Å². The van der Waals surface area contributed by atoms with E-state index in [2.05, 4.69) is 19.2 Å². The van der Waals surface area contributed by atoms with Gasteiger partial charge in [0.05, 0.1) is 18.8 Å². The third-order valence-electron chi connectivity index (χ3n) is 14.1. The van der Waals surface area contributed by atoms with Crippen LogP contribution >= 0.6 is 0 Å². The first kappa shape index (κ1) is 62.3. The first-order valence-electron chi connectivity index (χ1n) is 28.9. The summed E-state index contributed by atoms with van der Waals surface area (Å²) in [7, 11) is 0. The molecule has 0 aliphatic rings. The van der Waals surface area contributed by atoms with Crippen LogP contribution in [0.4, 0.5) is 0 Å². The zero-order chi connectivity index (χ0) is 45.9. The Hall–Kier alpha value is -0.690. The van der Waals surface area contributed by atoms with Crippen molar-refractivity contribution in [2.24, 2.45) is 0 Å². The van der Waals surface area contributed by atoms with E-state index in [1.54, 1.807) is 0 Å². The third-order valence-corrected chi connectivity index (χ3v) is 14.1. The van der Waals surface area contributed by atoms with Gasteiger partial charge in [-0.25, -0.2) is 0 Å². The molecule has 0 saturated carbocycles. The maximum absolute atomic E-state index is 12.6. The second kappa shape index (κ2) is 52.3. The first-order valence-corrected chi connectivity index (χ1v) is 28.9. The summed E-state index contributed by atoms with van der Waals surface area (Å²) >= 11 is 0. The third kappa shape index (κ3) is 46.2. The second-order valence-electron chi connectivity index (χ2n) is 20.4. The molecule has 0 bridgehead atoms. The van der Waals surface area contributed by atoms with Gasteiger partial charge in [0.25, 0.3) is 0 Å². The van der Waals surface area contributed by atoms with Crippen molar-refractivity contribution < 1.29 is 25.2 Å². The summed E-state index contributed by atoms with van der Waals surface area (Å²) in [5, 5.41) is 44.0. The monoisotopic (exact) mass is 894 g/mol. The van der Waals surface area contributed by atoms with Gasteiger partial charge in [-0.15, -0.1) is 0 Å². The summed E-state index contributed by atoms with van der Waals surface area (Å²) in [6.07, 6.45) is 60.4. The van der Waals surface area contributed by atoms with E-state index in [0.717, 1.165) is 38.5 Å². The Kier molecular flexibility index (Phi) is 51.7. The maximum atomic E-state index is 12.6. The number of hydrogen-bond acceptors (Lipinski definition) is 5. The number of rotatable bonds is 54. The summed E-state index contributed by atoms with van der Waals surface area (Å²) in [6, 6.07) is -0.980. The molecule has 63 heavy (non-hydrogen) atoms. The van der Waals surface area contributed by atoms with Crippen molar-refractivity contribution in [2.75, 3.05) is 6.61 Å². The fourth-order valence-electron chi connectivity index (χ4n) is 9.53. The number of carbonyl (C=O) groups is 1. The van der Waals surface area contributed by atoms with Crippen molar-refractivity contribution in [3.8, 4) is 0 Å². The SMILES string of the molecule is CCCCCCCCCCCCCCCCCCCCCCCCCCCCCCCCC(O)C(O)C(CO)NC(=O)C(O)CCCCCCCCCCCCCCCCCCC. The molecule has 378 valence electrons. The van der Waals surface area contributed by atoms with Gasteiger partial charge in [0.1, 0.15) is 12.2 Å². The minimum absolute atomic E-state index is 0.376. The zero-order valence-corrected chi connectivity index (χ0v) is 42.9. The summed E-state index contributed by atoms with van der Waals surface area (Å²) in [5.41, 5.74) is 0. The van der Waals surface area contributed by atoms with E-state index in [4.69, 9.17) is 0 Å². The standard InChI is InChI=1S/C57H115NO5/c1-3-5-7-9-11-13-15-17-19-21-22-23-24-25-26-27-28-29-30-31-32-33-35-36-38-40-42-44-46-48-50-54(60)56(62)53(52-59)58-57(63)55(61)51-49-47-45-43-41-39-37-34-20-18-16-14-12-10-8-6-4-2/h53-56,59-62H,3-52H2,1-2H3,(H,58,63). The molecule has 0 spiro atoms. The zero-order valence-electron chi connectivity index (χ0n) is 42.9. The molecule has 5 N–H and O–H groups in total. The van der Waals surface area contributed by atoms with Crippen LogP contribution in [0.3, 0.4) is 0 Å². The number of aliphatic hydroxyl groups is 4. The van der Waals surface area contributed by atoms with E-state index in [9.17, 15) is 25.2 Å². The normalized spacial score (nSPS) is 13.7. The Bertz CT molecular complexity index is 871. The smallest absolute Gasteiger partial charge is 0.249 e. The van der Waals surface area contributed by atoms with Gasteiger partial charge in [-0.1, -0.05) is 316 Å². The van der Waals surface area contributed by atoms with Crippen molar-refractivity contribution in [1.29, 1.82) is 0 Å². The van der Waals surface area contributed by atoms with Gasteiger partial charge in [-0.2, -0.15) is 0 Å². The van der Waals surface area contributed by atoms with E-state index in [1.807, 2.05) is 0 Å². The summed E-state index contributed by atoms with van der Waals surface area (Å²) in [5.74, 6) is -0.576. The Balaban J connectivity index is 3.54. The average Bonchev–Trinajstić information content (AvgIpc) is 3.29. The lowest BCUT2D eigenvalue weighted by molar-refractivity contribution is -0.132. The van der Waals surface area contributed by atoms with Gasteiger partial charge in [-0.3, -0.25) is 4.79 Å². The number of nitrogens with one attached hydrogen (secondary N) is 1. The molecule has 0 saturated heterocycles. The molecule has 0 aliphatic carbocycles. The molecule has 0 aromatic heterocycles. The lowest BCUT2D eigenvalue weighted by atomic mass is 9.99. The van der Waals surface area contributed by atoms with Gasteiger partial charge >= 0.3 is 0 Å². The van der Waals surface area contributed by atoms with Crippen molar-refractivity contribution in [3.63, 3.8) is 0 Å². The predicted octanol–water partition coefficient (Wildman–Crippen LogP) is 16.7. The molecule has 6 nitrogen and oxygen atoms in total. The van der Waals surface area contributed by atoms with Crippen LogP contribution in [0.25, 0.3) is 0 Å². The molecular formula is C57H115NO5. The van der Waals surface area contributed by atoms with Crippen LogP contribution in [0.1, 0.15) is 328 Å². The fraction of sp³-hybridized carbons (Fsp3) is 0.982. The molecule has 1 amide bonds. The van der Waals surface area contributed by atoms with Crippen molar-refractivity contribution >= 4 is 5.91 Å². The molecule has 0 aliphatic heterocycles. The molecule has 0 aromatic carbocycles. The van der Waals surface area contributed by atoms with Crippen LogP contribution in [0.15, 0.2) is 0 Å². The topological polar surface area (TPSA) is 110 Å². The number of aliphatic hydroxyl groups excluding tert-OH is 4. The van der Waals surface area contributed by atoms with Gasteiger partial charge in [-0.05, 0) is 12.8 Å². The van der Waals surface area contributed by atoms with E-state index < -0.39 is 36.9 Å². The van der Waals surface area contributed by atoms with Crippen molar-refractivity contribution in [3.05, 3.63) is 0 Å². The van der Waals surface area contributed by atoms with Crippen molar-refractivity contribution in [2.45, 2.75) is 353 Å². The average molecular weight is 895 g/mol. The summed E-state index contributed by atoms with van der Waals surface area (Å²) in [6.45, 7) is 4.10. The highest BCUT2D eigenvalue weighted by molar-refractivity contribution is 5.80. The maximum Gasteiger partial charge on any atom is 0.249 e. The van der Waals surface area contributed by atoms with E-state index in [0.29, 0.717) is 12.8 Å². The van der Waals surface area contributed by atoms with Crippen LogP contribution < -0.4 is 5.32 Å². The highest BCUT2D eigenvalue weighted by Gasteiger charge is 2.28. The molecule has 0 heterocycles. The molecule has 6 heteroatoms. The highest BCUT2D eigenvalue weighted by Crippen LogP contribution is 2.19. The van der Waals surface area contributed by atoms with Gasteiger partial charge < -0.3 is 25.7 Å². The van der Waals surface area contributed by atoms with Gasteiger partial charge in [0.15, 0.2) is 0 Å². The number of unbranched alkanes of at least 4 members (excludes halogenated alkanes) is 45. The van der Waals surface area contributed by atoms with Crippen LogP contribution in [0.5, 0.6) is 0 Å². The summed E-state index contributed by atoms with van der Waals surface area (Å²) < 4.78 is 0. The highest BCUT2D eigenvalue weighted by atomic mass is 16.3. The van der Waals surface area contributed by atoms with Gasteiger partial charge in [0, 0.05) is 0 Å². The number of amides is 1. The lowest BCUT2D eigenvalue weighted by Crippen LogP contribution is -2.53. The molecule has 0 aromatic rings. The van der Waals surface area contributed by atoms with Gasteiger partial charge in [0.2, 0.25) is 5.91 Å². The molecule has 0 fully saturated rings. The molecule has 0 rings (SSSR count). The Labute approximate surface area is 394 Å². The van der Waals surface area contributed by atoms with Crippen molar-refractivity contribution in [1.82, 2.24) is 5.32 Å². The number of hydrogen-bond donors (Lipinski definition) is 5. The van der Waals surface area contributed by atoms with E-state index in [1.165, 1.54) is 263 Å². The molecule has 0 radical (unpaired) electrons. The Morgan fingerprint density at radius 3 is 0.762 bits per heavy atom. The first-order chi connectivity index (χ1) is 31.0. The largest absolute Gasteiger partial charge is 0.394 e. The fourth-order valence-corrected chi connectivity index (χ4v) is 9.53. The Morgan fingerprint density at radius 1 is 0.333 bits per heavy atom. The molecular weight excluding hydrogens is 779 g/mol.